The van der Waals surface area contributed by atoms with E-state index in [1.54, 1.807) is 6.07 Å². The zero-order chi connectivity index (χ0) is 9.30. The molecule has 1 saturated heterocycles. The third kappa shape index (κ3) is 1.19. The van der Waals surface area contributed by atoms with E-state index in [0.717, 1.165) is 4.90 Å². The number of nitriles is 1. The van der Waals surface area contributed by atoms with Gasteiger partial charge in [-0.1, -0.05) is 11.6 Å². The molecule has 0 aromatic carbocycles. The van der Waals surface area contributed by atoms with Crippen molar-refractivity contribution in [2.45, 2.75) is 5.50 Å². The highest BCUT2D eigenvalue weighted by molar-refractivity contribution is 6.42. The lowest BCUT2D eigenvalue weighted by atomic mass is 10.5. The van der Waals surface area contributed by atoms with E-state index in [2.05, 4.69) is 0 Å². The number of rotatable bonds is 1. The fraction of sp³-hybridized carbons (Fsp3) is 0.400. The molecule has 1 aliphatic heterocycles. The van der Waals surface area contributed by atoms with Gasteiger partial charge in [-0.3, -0.25) is 9.69 Å². The van der Waals surface area contributed by atoms with Crippen LogP contribution in [0.1, 0.15) is 0 Å². The minimum absolute atomic E-state index is 0.248. The quantitative estimate of drug-likeness (QED) is 0.207. The van der Waals surface area contributed by atoms with Gasteiger partial charge in [0.15, 0.2) is 5.50 Å². The molecule has 0 aromatic heterocycles. The van der Waals surface area contributed by atoms with Crippen molar-refractivity contribution in [3.8, 4) is 6.07 Å². The van der Waals surface area contributed by atoms with Crippen LogP contribution in [0.3, 0.4) is 0 Å². The number of alkyl halides is 1. The Morgan fingerprint density at radius 1 is 1.58 bits per heavy atom. The van der Waals surface area contributed by atoms with Crippen molar-refractivity contribution in [2.24, 2.45) is 0 Å². The highest BCUT2D eigenvalue weighted by atomic mass is 35.5. The molecule has 1 aliphatic rings. The number of nitrogens with zero attached hydrogens (tertiary/aromatic N) is 3. The summed E-state index contributed by atoms with van der Waals surface area (Å²) >= 11 is 10.7. The van der Waals surface area contributed by atoms with Gasteiger partial charge >= 0.3 is 6.03 Å². The summed E-state index contributed by atoms with van der Waals surface area (Å²) in [4.78, 5) is 22.7. The molecule has 0 aliphatic carbocycles. The zero-order valence-electron chi connectivity index (χ0n) is 5.70. The predicted molar refractivity (Wildman–Crippen MR) is 40.1 cm³/mol. The summed E-state index contributed by atoms with van der Waals surface area (Å²) in [6, 6.07) is 0.934. The summed E-state index contributed by atoms with van der Waals surface area (Å²) < 4.78 is 0.370. The van der Waals surface area contributed by atoms with Gasteiger partial charge in [0.05, 0.1) is 6.07 Å². The van der Waals surface area contributed by atoms with E-state index in [9.17, 15) is 9.59 Å². The molecule has 0 aromatic rings. The van der Waals surface area contributed by atoms with Gasteiger partial charge < -0.3 is 0 Å². The third-order valence-electron chi connectivity index (χ3n) is 1.33. The number of carbonyl (C=O) groups excluding carboxylic acids is 2. The van der Waals surface area contributed by atoms with Crippen LogP contribution >= 0.6 is 23.4 Å². The molecular weight excluding hydrogens is 205 g/mol. The molecule has 1 heterocycles. The van der Waals surface area contributed by atoms with Gasteiger partial charge in [-0.2, -0.15) is 9.68 Å². The number of imide groups is 1. The number of halogens is 2. The molecule has 0 radical (unpaired) electrons. The number of amides is 3. The average Bonchev–Trinajstić information content (AvgIpc) is 2.23. The predicted octanol–water partition coefficient (Wildman–Crippen LogP) is 0.493. The van der Waals surface area contributed by atoms with Crippen molar-refractivity contribution >= 4 is 35.3 Å². The van der Waals surface area contributed by atoms with Gasteiger partial charge in [-0.25, -0.2) is 4.79 Å². The highest BCUT2D eigenvalue weighted by Gasteiger charge is 2.43. The van der Waals surface area contributed by atoms with Crippen LogP contribution in [0, 0.1) is 11.3 Å². The molecule has 0 N–H and O–H groups in total. The molecule has 12 heavy (non-hydrogen) atoms. The maximum Gasteiger partial charge on any atom is 0.344 e. The first-order chi connectivity index (χ1) is 5.59. The van der Waals surface area contributed by atoms with Crippen molar-refractivity contribution in [1.82, 2.24) is 9.32 Å². The standard InChI is InChI=1S/C5H3Cl2N3O2/c6-3-4(11)10(7)5(12)9(3)2-1-8/h3H,2H2. The smallest absolute Gasteiger partial charge is 0.285 e. The maximum atomic E-state index is 11.0. The molecule has 7 heteroatoms. The van der Waals surface area contributed by atoms with Crippen molar-refractivity contribution in [2.75, 3.05) is 6.54 Å². The van der Waals surface area contributed by atoms with Crippen LogP contribution in [0.4, 0.5) is 4.79 Å². The molecule has 5 nitrogen and oxygen atoms in total. The van der Waals surface area contributed by atoms with E-state index in [1.807, 2.05) is 0 Å². The molecule has 0 spiro atoms. The summed E-state index contributed by atoms with van der Waals surface area (Å²) in [7, 11) is 0. The molecular formula is C5H3Cl2N3O2. The van der Waals surface area contributed by atoms with Crippen molar-refractivity contribution in [3.63, 3.8) is 0 Å². The molecule has 64 valence electrons. The SMILES string of the molecule is N#CCN1C(=O)N(Cl)C(=O)C1Cl. The normalized spacial score (nSPS) is 23.2. The minimum Gasteiger partial charge on any atom is -0.285 e. The van der Waals surface area contributed by atoms with Gasteiger partial charge in [-0.15, -0.1) is 0 Å². The second-order valence-electron chi connectivity index (χ2n) is 2.02. The summed E-state index contributed by atoms with van der Waals surface area (Å²) in [5, 5.41) is 8.26. The Balaban J connectivity index is 2.85. The summed E-state index contributed by atoms with van der Waals surface area (Å²) in [6.45, 7) is -0.248. The van der Waals surface area contributed by atoms with E-state index in [-0.39, 0.29) is 6.54 Å². The monoisotopic (exact) mass is 207 g/mol. The number of hydrogen-bond donors (Lipinski definition) is 0. The Labute approximate surface area is 78.1 Å². The number of carbonyl (C=O) groups is 2. The van der Waals surface area contributed by atoms with Crippen LogP contribution in [0.5, 0.6) is 0 Å². The second-order valence-corrected chi connectivity index (χ2v) is 2.77. The van der Waals surface area contributed by atoms with E-state index < -0.39 is 17.4 Å². The molecule has 1 fully saturated rings. The number of hydrogen-bond acceptors (Lipinski definition) is 3. The van der Waals surface area contributed by atoms with Crippen LogP contribution in [0.25, 0.3) is 0 Å². The average molecular weight is 208 g/mol. The van der Waals surface area contributed by atoms with Crippen LogP contribution in [0.15, 0.2) is 0 Å². The Morgan fingerprint density at radius 3 is 2.50 bits per heavy atom. The van der Waals surface area contributed by atoms with Gasteiger partial charge in [0.1, 0.15) is 6.54 Å². The molecule has 1 unspecified atom stereocenters. The van der Waals surface area contributed by atoms with E-state index in [1.165, 1.54) is 0 Å². The summed E-state index contributed by atoms with van der Waals surface area (Å²) in [5.41, 5.74) is -1.16. The van der Waals surface area contributed by atoms with Crippen LogP contribution in [-0.4, -0.2) is 33.3 Å². The number of urea groups is 1. The fourth-order valence-electron chi connectivity index (χ4n) is 0.755. The summed E-state index contributed by atoms with van der Waals surface area (Å²) in [5.74, 6) is -0.724. The van der Waals surface area contributed by atoms with Crippen LogP contribution in [-0.2, 0) is 4.79 Å². The van der Waals surface area contributed by atoms with Crippen LogP contribution in [0.2, 0.25) is 0 Å². The molecule has 3 amide bonds. The van der Waals surface area contributed by atoms with Gasteiger partial charge in [0.2, 0.25) is 0 Å². The lowest BCUT2D eigenvalue weighted by Gasteiger charge is -2.10. The van der Waals surface area contributed by atoms with Gasteiger partial charge in [0.25, 0.3) is 5.91 Å². The Morgan fingerprint density at radius 2 is 2.17 bits per heavy atom. The molecule has 1 rings (SSSR count). The molecule has 0 bridgehead atoms. The third-order valence-corrected chi connectivity index (χ3v) is 2.06. The summed E-state index contributed by atoms with van der Waals surface area (Å²) in [6.07, 6.45) is 0. The first-order valence-electron chi connectivity index (χ1n) is 2.91. The molecule has 1 atom stereocenters. The van der Waals surface area contributed by atoms with Gasteiger partial charge in [0, 0.05) is 11.8 Å². The van der Waals surface area contributed by atoms with Crippen molar-refractivity contribution < 1.29 is 9.59 Å². The first-order valence-corrected chi connectivity index (χ1v) is 3.68. The first kappa shape index (κ1) is 9.10. The topological polar surface area (TPSA) is 64.4 Å². The van der Waals surface area contributed by atoms with Crippen molar-refractivity contribution in [3.05, 3.63) is 0 Å². The van der Waals surface area contributed by atoms with E-state index >= 15 is 0 Å². The Kier molecular flexibility index (Phi) is 2.40. The lowest BCUT2D eigenvalue weighted by molar-refractivity contribution is -0.123. The highest BCUT2D eigenvalue weighted by Crippen LogP contribution is 2.21. The Bertz CT molecular complexity index is 274. The zero-order valence-corrected chi connectivity index (χ0v) is 7.21. The van der Waals surface area contributed by atoms with Gasteiger partial charge in [-0.05, 0) is 0 Å². The molecule has 0 saturated carbocycles. The van der Waals surface area contributed by atoms with E-state index in [4.69, 9.17) is 28.6 Å². The Hall–Kier alpha value is -0.990. The largest absolute Gasteiger partial charge is 0.344 e. The van der Waals surface area contributed by atoms with Crippen molar-refractivity contribution in [1.29, 1.82) is 5.26 Å². The maximum absolute atomic E-state index is 11.0. The second kappa shape index (κ2) is 3.17. The lowest BCUT2D eigenvalue weighted by Crippen LogP contribution is -2.31. The van der Waals surface area contributed by atoms with E-state index in [0.29, 0.717) is 4.42 Å². The van der Waals surface area contributed by atoms with Crippen LogP contribution < -0.4 is 0 Å². The minimum atomic E-state index is -1.16. The fourth-order valence-corrected chi connectivity index (χ4v) is 1.24.